The summed E-state index contributed by atoms with van der Waals surface area (Å²) in [6.07, 6.45) is 2.58. The van der Waals surface area contributed by atoms with Gasteiger partial charge in [0.25, 0.3) is 0 Å². The van der Waals surface area contributed by atoms with Crippen molar-refractivity contribution in [3.8, 4) is 17.6 Å². The van der Waals surface area contributed by atoms with Gasteiger partial charge in [-0.15, -0.1) is 11.6 Å². The number of benzene rings is 2. The van der Waals surface area contributed by atoms with Crippen molar-refractivity contribution in [3.05, 3.63) is 75.6 Å². The SMILES string of the molecule is Cc1cnc(NS(C)(=O)=O)nc1COc1ccc(C(C)(C)c2cc(Cl)c(OCCCl)c(C#N)c2)cc1. The molecule has 0 bridgehead atoms. The molecule has 1 heterocycles. The number of nitrogens with zero attached hydrogens (tertiary/aromatic N) is 3. The van der Waals surface area contributed by atoms with Crippen LogP contribution in [0, 0.1) is 18.3 Å². The van der Waals surface area contributed by atoms with Gasteiger partial charge in [0.05, 0.1) is 28.4 Å². The van der Waals surface area contributed by atoms with Crippen molar-refractivity contribution in [2.24, 2.45) is 0 Å². The highest BCUT2D eigenvalue weighted by Gasteiger charge is 2.26. The molecule has 0 atom stereocenters. The van der Waals surface area contributed by atoms with Crippen LogP contribution in [0.25, 0.3) is 0 Å². The number of ether oxygens (including phenoxy) is 2. The molecule has 190 valence electrons. The van der Waals surface area contributed by atoms with Crippen molar-refractivity contribution in [1.29, 1.82) is 5.26 Å². The van der Waals surface area contributed by atoms with E-state index in [0.717, 1.165) is 22.9 Å². The molecule has 3 rings (SSSR count). The summed E-state index contributed by atoms with van der Waals surface area (Å²) in [5.41, 5.74) is 3.07. The number of alkyl halides is 1. The van der Waals surface area contributed by atoms with Crippen molar-refractivity contribution < 1.29 is 17.9 Å². The molecule has 0 unspecified atom stereocenters. The van der Waals surface area contributed by atoms with Crippen LogP contribution in [0.2, 0.25) is 5.02 Å². The normalized spacial score (nSPS) is 11.6. The minimum absolute atomic E-state index is 0.00623. The Balaban J connectivity index is 1.78. The van der Waals surface area contributed by atoms with Crippen LogP contribution in [-0.2, 0) is 22.0 Å². The first-order chi connectivity index (χ1) is 16.9. The average molecular weight is 549 g/mol. The van der Waals surface area contributed by atoms with E-state index in [1.165, 1.54) is 6.20 Å². The van der Waals surface area contributed by atoms with E-state index in [1.807, 2.05) is 45.0 Å². The molecule has 36 heavy (non-hydrogen) atoms. The Kier molecular flexibility index (Phi) is 8.67. The molecule has 1 N–H and O–H groups in total. The van der Waals surface area contributed by atoms with Gasteiger partial charge >= 0.3 is 0 Å². The van der Waals surface area contributed by atoms with E-state index in [-0.39, 0.29) is 19.2 Å². The zero-order valence-corrected chi connectivity index (χ0v) is 22.6. The zero-order chi connectivity index (χ0) is 26.5. The third-order valence-corrected chi connectivity index (χ3v) is 6.50. The van der Waals surface area contributed by atoms with Crippen molar-refractivity contribution in [3.63, 3.8) is 0 Å². The molecule has 0 saturated carbocycles. The van der Waals surface area contributed by atoms with Crippen LogP contribution in [0.1, 0.15) is 41.8 Å². The average Bonchev–Trinajstić information content (AvgIpc) is 2.82. The molecule has 0 aliphatic carbocycles. The summed E-state index contributed by atoms with van der Waals surface area (Å²) in [4.78, 5) is 8.22. The molecule has 8 nitrogen and oxygen atoms in total. The maximum atomic E-state index is 11.4. The van der Waals surface area contributed by atoms with Crippen LogP contribution < -0.4 is 14.2 Å². The maximum absolute atomic E-state index is 11.4. The first-order valence-electron chi connectivity index (χ1n) is 10.9. The van der Waals surface area contributed by atoms with Gasteiger partial charge < -0.3 is 9.47 Å². The minimum Gasteiger partial charge on any atom is -0.489 e. The van der Waals surface area contributed by atoms with Gasteiger partial charge in [-0.25, -0.2) is 18.4 Å². The second kappa shape index (κ2) is 11.3. The first kappa shape index (κ1) is 27.5. The van der Waals surface area contributed by atoms with Gasteiger partial charge in [0.1, 0.15) is 25.0 Å². The van der Waals surface area contributed by atoms with Crippen molar-refractivity contribution >= 4 is 39.2 Å². The van der Waals surface area contributed by atoms with Crippen LogP contribution in [0.15, 0.2) is 42.6 Å². The summed E-state index contributed by atoms with van der Waals surface area (Å²) in [6.45, 7) is 6.29. The molecule has 1 aromatic heterocycles. The topological polar surface area (TPSA) is 114 Å². The molecule has 0 spiro atoms. The van der Waals surface area contributed by atoms with Gasteiger partial charge in [-0.2, -0.15) is 5.26 Å². The highest BCUT2D eigenvalue weighted by atomic mass is 35.5. The molecule has 0 radical (unpaired) electrons. The standard InChI is InChI=1S/C25H26Cl2N4O4S/c1-16-14-29-24(31-36(4,32)33)30-22(16)15-35-20-7-5-18(6-8-20)25(2,3)19-11-17(13-28)23(21(27)12-19)34-10-9-26/h5-8,11-12,14H,9-10,15H2,1-4H3,(H,29,30,31). The summed E-state index contributed by atoms with van der Waals surface area (Å²) in [6, 6.07) is 13.3. The predicted molar refractivity (Wildman–Crippen MR) is 141 cm³/mol. The predicted octanol–water partition coefficient (Wildman–Crippen LogP) is 5.20. The molecule has 0 amide bonds. The second-order valence-electron chi connectivity index (χ2n) is 8.62. The van der Waals surface area contributed by atoms with Gasteiger partial charge in [0.2, 0.25) is 16.0 Å². The third kappa shape index (κ3) is 6.78. The lowest BCUT2D eigenvalue weighted by Gasteiger charge is -2.27. The Morgan fingerprint density at radius 1 is 1.14 bits per heavy atom. The van der Waals surface area contributed by atoms with Crippen molar-refractivity contribution in [1.82, 2.24) is 9.97 Å². The number of hydrogen-bond acceptors (Lipinski definition) is 7. The number of nitrogens with one attached hydrogen (secondary N) is 1. The van der Waals surface area contributed by atoms with E-state index in [1.54, 1.807) is 12.1 Å². The number of aryl methyl sites for hydroxylation is 1. The van der Waals surface area contributed by atoms with Crippen molar-refractivity contribution in [2.45, 2.75) is 32.8 Å². The molecule has 0 aliphatic heterocycles. The van der Waals surface area contributed by atoms with E-state index < -0.39 is 15.4 Å². The van der Waals surface area contributed by atoms with Gasteiger partial charge in [-0.1, -0.05) is 37.6 Å². The van der Waals surface area contributed by atoms with E-state index in [0.29, 0.717) is 33.7 Å². The van der Waals surface area contributed by atoms with Crippen LogP contribution in [-0.4, -0.2) is 37.1 Å². The molecular formula is C25H26Cl2N4O4S. The molecule has 3 aromatic rings. The van der Waals surface area contributed by atoms with E-state index in [9.17, 15) is 13.7 Å². The highest BCUT2D eigenvalue weighted by Crippen LogP contribution is 2.38. The van der Waals surface area contributed by atoms with E-state index in [2.05, 4.69) is 20.8 Å². The van der Waals surface area contributed by atoms with Crippen molar-refractivity contribution in [2.75, 3.05) is 23.5 Å². The number of rotatable bonds is 10. The summed E-state index contributed by atoms with van der Waals surface area (Å²) < 4.78 is 36.6. The molecule has 11 heteroatoms. The number of sulfonamides is 1. The monoisotopic (exact) mass is 548 g/mol. The lowest BCUT2D eigenvalue weighted by molar-refractivity contribution is 0.300. The largest absolute Gasteiger partial charge is 0.489 e. The van der Waals surface area contributed by atoms with Gasteiger partial charge in [0.15, 0.2) is 5.75 Å². The summed E-state index contributed by atoms with van der Waals surface area (Å²) in [7, 11) is -3.48. The van der Waals surface area contributed by atoms with Gasteiger partial charge in [-0.3, -0.25) is 4.72 Å². The minimum atomic E-state index is -3.48. The fraction of sp³-hybridized carbons (Fsp3) is 0.320. The molecule has 0 fully saturated rings. The number of aromatic nitrogens is 2. The smallest absolute Gasteiger partial charge is 0.236 e. The Bertz CT molecular complexity index is 1390. The fourth-order valence-corrected chi connectivity index (χ4v) is 4.23. The number of halogens is 2. The fourth-order valence-electron chi connectivity index (χ4n) is 3.45. The lowest BCUT2D eigenvalue weighted by atomic mass is 9.77. The Morgan fingerprint density at radius 3 is 2.44 bits per heavy atom. The zero-order valence-electron chi connectivity index (χ0n) is 20.3. The Morgan fingerprint density at radius 2 is 1.83 bits per heavy atom. The number of nitriles is 1. The maximum Gasteiger partial charge on any atom is 0.236 e. The molecule has 0 aliphatic rings. The third-order valence-electron chi connectivity index (χ3n) is 5.51. The van der Waals surface area contributed by atoms with Gasteiger partial charge in [-0.05, 0) is 47.9 Å². The Hall–Kier alpha value is -3.06. The quantitative estimate of drug-likeness (QED) is 0.346. The summed E-state index contributed by atoms with van der Waals surface area (Å²) in [5.74, 6) is 1.23. The summed E-state index contributed by atoms with van der Waals surface area (Å²) >= 11 is 12.1. The van der Waals surface area contributed by atoms with Gasteiger partial charge in [0, 0.05) is 11.6 Å². The highest BCUT2D eigenvalue weighted by molar-refractivity contribution is 7.91. The van der Waals surface area contributed by atoms with Crippen LogP contribution in [0.3, 0.4) is 0 Å². The Labute approximate surface area is 221 Å². The summed E-state index contributed by atoms with van der Waals surface area (Å²) in [5, 5.41) is 9.96. The van der Waals surface area contributed by atoms with Crippen LogP contribution in [0.5, 0.6) is 11.5 Å². The van der Waals surface area contributed by atoms with Crippen LogP contribution in [0.4, 0.5) is 5.95 Å². The molecular weight excluding hydrogens is 523 g/mol. The lowest BCUT2D eigenvalue weighted by Crippen LogP contribution is -2.19. The van der Waals surface area contributed by atoms with E-state index in [4.69, 9.17) is 32.7 Å². The first-order valence-corrected chi connectivity index (χ1v) is 13.7. The molecule has 2 aromatic carbocycles. The number of anilines is 1. The number of hydrogen-bond donors (Lipinski definition) is 1. The second-order valence-corrected chi connectivity index (χ2v) is 11.2. The molecule has 0 saturated heterocycles. The van der Waals surface area contributed by atoms with Crippen LogP contribution >= 0.6 is 23.2 Å². The van der Waals surface area contributed by atoms with E-state index >= 15 is 0 Å².